The molecule has 5 aliphatic rings. The van der Waals surface area contributed by atoms with E-state index >= 15 is 0 Å². The van der Waals surface area contributed by atoms with Gasteiger partial charge in [0.15, 0.2) is 0 Å². The second kappa shape index (κ2) is 8.19. The minimum atomic E-state index is -0.161. The number of carbonyl (C=O) groups excluding carboxylic acids is 2. The third kappa shape index (κ3) is 4.14. The molecule has 2 aromatic rings. The first-order valence-corrected chi connectivity index (χ1v) is 12.6. The summed E-state index contributed by atoms with van der Waals surface area (Å²) in [6, 6.07) is 16.0. The zero-order chi connectivity index (χ0) is 22.4. The Morgan fingerprint density at radius 3 is 2.27 bits per heavy atom. The van der Waals surface area contributed by atoms with Crippen molar-refractivity contribution in [3.8, 4) is 0 Å². The predicted octanol–water partition coefficient (Wildman–Crippen LogP) is 5.60. The summed E-state index contributed by atoms with van der Waals surface area (Å²) in [5, 5.41) is 10.0. The Kier molecular flexibility index (Phi) is 5.16. The molecular weight excluding hydrogens is 410 g/mol. The molecule has 0 spiro atoms. The van der Waals surface area contributed by atoms with Gasteiger partial charge in [0, 0.05) is 23.6 Å². The number of carbonyl (C=O) groups is 2. The number of hydrogen-bond acceptors (Lipinski definition) is 3. The minimum absolute atomic E-state index is 0.0189. The van der Waals surface area contributed by atoms with Crippen molar-refractivity contribution < 1.29 is 9.59 Å². The van der Waals surface area contributed by atoms with Gasteiger partial charge in [-0.1, -0.05) is 30.3 Å². The lowest BCUT2D eigenvalue weighted by molar-refractivity contribution is -0.121. The maximum atomic E-state index is 12.9. The van der Waals surface area contributed by atoms with Crippen molar-refractivity contribution in [1.82, 2.24) is 0 Å². The molecule has 7 rings (SSSR count). The summed E-state index contributed by atoms with van der Waals surface area (Å²) in [5.41, 5.74) is 4.14. The quantitative estimate of drug-likeness (QED) is 0.544. The fraction of sp³-hybridized carbons (Fsp3) is 0.500. The van der Waals surface area contributed by atoms with E-state index in [0.717, 1.165) is 40.4 Å². The van der Waals surface area contributed by atoms with Gasteiger partial charge >= 0.3 is 0 Å². The summed E-state index contributed by atoms with van der Waals surface area (Å²) >= 11 is 0. The van der Waals surface area contributed by atoms with Crippen LogP contribution in [0.5, 0.6) is 0 Å². The number of fused-ring (bicyclic) bond motifs is 1. The van der Waals surface area contributed by atoms with Crippen LogP contribution in [0.3, 0.4) is 0 Å². The Labute approximate surface area is 195 Å². The first kappa shape index (κ1) is 20.8. The molecule has 1 heterocycles. The fourth-order valence-electron chi connectivity index (χ4n) is 7.41. The van der Waals surface area contributed by atoms with Gasteiger partial charge in [0.1, 0.15) is 0 Å². The third-order valence-corrected chi connectivity index (χ3v) is 8.47. The molecule has 0 aromatic heterocycles. The van der Waals surface area contributed by atoms with E-state index < -0.39 is 0 Å². The minimum Gasteiger partial charge on any atom is -0.378 e. The molecule has 2 aromatic carbocycles. The highest BCUT2D eigenvalue weighted by Crippen LogP contribution is 2.56. The molecule has 4 saturated carbocycles. The highest BCUT2D eigenvalue weighted by Gasteiger charge is 2.51. The third-order valence-electron chi connectivity index (χ3n) is 8.47. The molecule has 1 atom stereocenters. The van der Waals surface area contributed by atoms with Gasteiger partial charge in [0.05, 0.1) is 11.4 Å². The highest BCUT2D eigenvalue weighted by molar-refractivity contribution is 5.97. The van der Waals surface area contributed by atoms with Gasteiger partial charge in [0.2, 0.25) is 11.8 Å². The average molecular weight is 444 g/mol. The topological polar surface area (TPSA) is 70.2 Å². The van der Waals surface area contributed by atoms with Crippen LogP contribution in [0.2, 0.25) is 0 Å². The van der Waals surface area contributed by atoms with Gasteiger partial charge in [-0.2, -0.15) is 0 Å². The monoisotopic (exact) mass is 443 g/mol. The summed E-state index contributed by atoms with van der Waals surface area (Å²) < 4.78 is 0. The highest BCUT2D eigenvalue weighted by atomic mass is 16.2. The number of hydrogen-bond donors (Lipinski definition) is 3. The van der Waals surface area contributed by atoms with E-state index in [4.69, 9.17) is 0 Å². The lowest BCUT2D eigenvalue weighted by Crippen LogP contribution is -2.54. The van der Waals surface area contributed by atoms with Crippen LogP contribution in [0, 0.1) is 23.7 Å². The van der Waals surface area contributed by atoms with Crippen molar-refractivity contribution >= 4 is 28.9 Å². The molecule has 4 aliphatic carbocycles. The molecule has 0 saturated heterocycles. The fourth-order valence-corrected chi connectivity index (χ4v) is 7.41. The molecule has 4 bridgehead atoms. The molecule has 1 aliphatic heterocycles. The van der Waals surface area contributed by atoms with E-state index in [0.29, 0.717) is 19.3 Å². The number of nitrogens with one attached hydrogen (secondary N) is 3. The van der Waals surface area contributed by atoms with Crippen molar-refractivity contribution in [3.63, 3.8) is 0 Å². The van der Waals surface area contributed by atoms with E-state index in [1.165, 1.54) is 38.5 Å². The Bertz CT molecular complexity index is 1040. The smallest absolute Gasteiger partial charge is 0.227 e. The van der Waals surface area contributed by atoms with Crippen LogP contribution in [0.1, 0.15) is 56.9 Å². The summed E-state index contributed by atoms with van der Waals surface area (Å²) in [6.45, 7) is 0. The second-order valence-corrected chi connectivity index (χ2v) is 11.0. The molecule has 2 amide bonds. The van der Waals surface area contributed by atoms with Crippen molar-refractivity contribution in [2.24, 2.45) is 23.7 Å². The Balaban J connectivity index is 1.10. The molecule has 0 radical (unpaired) electrons. The van der Waals surface area contributed by atoms with Crippen molar-refractivity contribution in [1.29, 1.82) is 0 Å². The Morgan fingerprint density at radius 1 is 0.909 bits per heavy atom. The van der Waals surface area contributed by atoms with Crippen LogP contribution in [-0.4, -0.2) is 17.4 Å². The number of amides is 2. The van der Waals surface area contributed by atoms with Gasteiger partial charge in [-0.3, -0.25) is 9.59 Å². The van der Waals surface area contributed by atoms with E-state index in [-0.39, 0.29) is 23.3 Å². The van der Waals surface area contributed by atoms with Gasteiger partial charge in [0.25, 0.3) is 0 Å². The maximum absolute atomic E-state index is 12.9. The predicted molar refractivity (Wildman–Crippen MR) is 131 cm³/mol. The molecular formula is C28H33N3O2. The largest absolute Gasteiger partial charge is 0.378 e. The van der Waals surface area contributed by atoms with E-state index in [1.807, 2.05) is 42.5 Å². The van der Waals surface area contributed by atoms with Crippen LogP contribution in [0.25, 0.3) is 0 Å². The van der Waals surface area contributed by atoms with Crippen LogP contribution in [0.4, 0.5) is 17.1 Å². The molecule has 5 nitrogen and oxygen atoms in total. The Hall–Kier alpha value is -2.82. The standard InChI is InChI=1S/C28H33N3O2/c32-26(10-9-22-14-21-5-1-2-6-23(21)30-27(22)33)29-24-7-3-4-8-25(24)31-28-15-18-11-19(16-28)13-20(12-18)17-28/h1-8,18-20,22,31H,9-17H2,(H,29,32)(H,30,33). The summed E-state index contributed by atoms with van der Waals surface area (Å²) in [5.74, 6) is 2.45. The summed E-state index contributed by atoms with van der Waals surface area (Å²) in [4.78, 5) is 25.3. The molecule has 172 valence electrons. The number of benzene rings is 2. The SMILES string of the molecule is O=C(CCC1Cc2ccccc2NC1=O)Nc1ccccc1NC12CC3CC(CC(C3)C1)C2. The molecule has 5 heteroatoms. The second-order valence-electron chi connectivity index (χ2n) is 11.0. The zero-order valence-electron chi connectivity index (χ0n) is 19.1. The molecule has 1 unspecified atom stereocenters. The molecule has 3 N–H and O–H groups in total. The van der Waals surface area contributed by atoms with Crippen LogP contribution >= 0.6 is 0 Å². The van der Waals surface area contributed by atoms with Crippen molar-refractivity contribution in [3.05, 3.63) is 54.1 Å². The van der Waals surface area contributed by atoms with E-state index in [1.54, 1.807) is 0 Å². The van der Waals surface area contributed by atoms with Gasteiger partial charge < -0.3 is 16.0 Å². The van der Waals surface area contributed by atoms with Crippen molar-refractivity contribution in [2.45, 2.75) is 63.3 Å². The van der Waals surface area contributed by atoms with Crippen molar-refractivity contribution in [2.75, 3.05) is 16.0 Å². The van der Waals surface area contributed by atoms with Gasteiger partial charge in [-0.25, -0.2) is 0 Å². The molecule has 4 fully saturated rings. The lowest BCUT2D eigenvalue weighted by Gasteiger charge is -2.57. The van der Waals surface area contributed by atoms with E-state index in [2.05, 4.69) is 22.0 Å². The average Bonchev–Trinajstić information content (AvgIpc) is 2.78. The summed E-state index contributed by atoms with van der Waals surface area (Å²) in [6.07, 6.45) is 9.62. The van der Waals surface area contributed by atoms with Gasteiger partial charge in [-0.15, -0.1) is 0 Å². The van der Waals surface area contributed by atoms with Crippen LogP contribution in [0.15, 0.2) is 48.5 Å². The summed E-state index contributed by atoms with van der Waals surface area (Å²) in [7, 11) is 0. The molecule has 33 heavy (non-hydrogen) atoms. The number of anilines is 3. The normalized spacial score (nSPS) is 31.6. The first-order valence-electron chi connectivity index (χ1n) is 12.6. The Morgan fingerprint density at radius 2 is 1.55 bits per heavy atom. The maximum Gasteiger partial charge on any atom is 0.227 e. The van der Waals surface area contributed by atoms with Gasteiger partial charge in [-0.05, 0) is 92.9 Å². The first-order chi connectivity index (χ1) is 16.1. The zero-order valence-corrected chi connectivity index (χ0v) is 19.1. The van der Waals surface area contributed by atoms with E-state index in [9.17, 15) is 9.59 Å². The van der Waals surface area contributed by atoms with Crippen LogP contribution in [-0.2, 0) is 16.0 Å². The lowest BCUT2D eigenvalue weighted by atomic mass is 9.53. The number of rotatable bonds is 6. The number of para-hydroxylation sites is 3. The van der Waals surface area contributed by atoms with Crippen LogP contribution < -0.4 is 16.0 Å².